The summed E-state index contributed by atoms with van der Waals surface area (Å²) in [6, 6.07) is 9.21. The van der Waals surface area contributed by atoms with Crippen molar-refractivity contribution in [3.8, 4) is 0 Å². The monoisotopic (exact) mass is 396 g/mol. The van der Waals surface area contributed by atoms with Crippen LogP contribution < -0.4 is 10.6 Å². The highest BCUT2D eigenvalue weighted by molar-refractivity contribution is 14.0. The van der Waals surface area contributed by atoms with Crippen LogP contribution in [0.2, 0.25) is 0 Å². The van der Waals surface area contributed by atoms with Crippen LogP contribution in [0, 0.1) is 0 Å². The maximum absolute atomic E-state index is 11.6. The fourth-order valence-electron chi connectivity index (χ4n) is 1.24. The topological polar surface area (TPSA) is 41.1 Å². The van der Waals surface area contributed by atoms with Crippen LogP contribution in [0.3, 0.4) is 0 Å². The Balaban J connectivity index is 0.00000289. The Hall–Kier alpha value is -0.340. The summed E-state index contributed by atoms with van der Waals surface area (Å²) < 4.78 is 0.791. The Morgan fingerprint density at radius 1 is 1.22 bits per heavy atom. The smallest absolute Gasteiger partial charge is 0.251 e. The van der Waals surface area contributed by atoms with E-state index in [1.807, 2.05) is 24.5 Å². The highest BCUT2D eigenvalue weighted by atomic mass is 127. The van der Waals surface area contributed by atoms with Crippen LogP contribution in [0.25, 0.3) is 0 Å². The van der Waals surface area contributed by atoms with Gasteiger partial charge in [0.1, 0.15) is 4.32 Å². The standard InChI is InChI=1S/C12H16N2OS2.HI/c1-17-12(16)14-9-5-8-13-11(15)10-6-3-2-4-7-10;/h2-4,6-7H,5,8-9H2,1H3,(H,13,15)(H,14,16);1H. The number of rotatable bonds is 5. The number of benzene rings is 1. The second kappa shape index (κ2) is 10.6. The number of hydrogen-bond donors (Lipinski definition) is 2. The summed E-state index contributed by atoms with van der Waals surface area (Å²) >= 11 is 6.52. The number of carbonyl (C=O) groups excluding carboxylic acids is 1. The van der Waals surface area contributed by atoms with Crippen molar-refractivity contribution in [2.75, 3.05) is 19.3 Å². The van der Waals surface area contributed by atoms with Gasteiger partial charge in [-0.1, -0.05) is 30.4 Å². The third-order valence-electron chi connectivity index (χ3n) is 2.13. The van der Waals surface area contributed by atoms with Crippen molar-refractivity contribution in [2.24, 2.45) is 0 Å². The van der Waals surface area contributed by atoms with Gasteiger partial charge in [0.05, 0.1) is 0 Å². The normalized spacial score (nSPS) is 9.17. The molecule has 2 N–H and O–H groups in total. The molecule has 0 aliphatic rings. The third-order valence-corrected chi connectivity index (χ3v) is 3.29. The molecule has 0 spiro atoms. The van der Waals surface area contributed by atoms with E-state index in [-0.39, 0.29) is 29.9 Å². The molecule has 0 saturated heterocycles. The highest BCUT2D eigenvalue weighted by Crippen LogP contribution is 1.97. The first-order chi connectivity index (χ1) is 8.24. The van der Waals surface area contributed by atoms with Crippen molar-refractivity contribution < 1.29 is 4.79 Å². The van der Waals surface area contributed by atoms with E-state index in [2.05, 4.69) is 10.6 Å². The van der Waals surface area contributed by atoms with Gasteiger partial charge in [0.2, 0.25) is 0 Å². The fraction of sp³-hybridized carbons (Fsp3) is 0.333. The molecule has 0 aliphatic heterocycles. The number of carbonyl (C=O) groups is 1. The summed E-state index contributed by atoms with van der Waals surface area (Å²) in [7, 11) is 0. The van der Waals surface area contributed by atoms with Crippen molar-refractivity contribution in [2.45, 2.75) is 6.42 Å². The summed E-state index contributed by atoms with van der Waals surface area (Å²) in [4.78, 5) is 11.6. The zero-order chi connectivity index (χ0) is 12.5. The Bertz CT molecular complexity index is 374. The van der Waals surface area contributed by atoms with E-state index in [1.165, 1.54) is 11.8 Å². The molecular weight excluding hydrogens is 379 g/mol. The first-order valence-electron chi connectivity index (χ1n) is 5.39. The van der Waals surface area contributed by atoms with Crippen molar-refractivity contribution in [3.63, 3.8) is 0 Å². The minimum absolute atomic E-state index is 0. The minimum Gasteiger partial charge on any atom is -0.371 e. The molecule has 0 heterocycles. The van der Waals surface area contributed by atoms with E-state index in [0.29, 0.717) is 12.1 Å². The van der Waals surface area contributed by atoms with Crippen LogP contribution in [0.1, 0.15) is 16.8 Å². The molecule has 0 aliphatic carbocycles. The van der Waals surface area contributed by atoms with Gasteiger partial charge in [-0.3, -0.25) is 4.79 Å². The number of hydrogen-bond acceptors (Lipinski definition) is 3. The Labute approximate surface area is 135 Å². The van der Waals surface area contributed by atoms with Crippen LogP contribution in [0.15, 0.2) is 30.3 Å². The fourth-order valence-corrected chi connectivity index (χ4v) is 1.59. The predicted molar refractivity (Wildman–Crippen MR) is 92.9 cm³/mol. The molecule has 0 unspecified atom stereocenters. The zero-order valence-electron chi connectivity index (χ0n) is 10.1. The second-order valence-corrected chi connectivity index (χ2v) is 4.88. The van der Waals surface area contributed by atoms with Gasteiger partial charge in [0.15, 0.2) is 0 Å². The number of thioether (sulfide) groups is 1. The lowest BCUT2D eigenvalue weighted by molar-refractivity contribution is 0.0953. The van der Waals surface area contributed by atoms with Crippen LogP contribution in [-0.2, 0) is 0 Å². The molecule has 6 heteroatoms. The lowest BCUT2D eigenvalue weighted by Gasteiger charge is -2.06. The van der Waals surface area contributed by atoms with Gasteiger partial charge in [0.25, 0.3) is 5.91 Å². The van der Waals surface area contributed by atoms with Crippen LogP contribution in [-0.4, -0.2) is 29.6 Å². The first kappa shape index (κ1) is 17.7. The molecule has 3 nitrogen and oxygen atoms in total. The molecular formula is C12H17IN2OS2. The van der Waals surface area contributed by atoms with Crippen molar-refractivity contribution in [1.82, 2.24) is 10.6 Å². The molecule has 0 radical (unpaired) electrons. The van der Waals surface area contributed by atoms with E-state index in [4.69, 9.17) is 12.2 Å². The predicted octanol–water partition coefficient (Wildman–Crippen LogP) is 2.66. The van der Waals surface area contributed by atoms with Gasteiger partial charge in [-0.15, -0.1) is 35.7 Å². The molecule has 0 aromatic heterocycles. The maximum atomic E-state index is 11.6. The highest BCUT2D eigenvalue weighted by Gasteiger charge is 2.02. The average Bonchev–Trinajstić information content (AvgIpc) is 2.38. The van der Waals surface area contributed by atoms with Crippen LogP contribution >= 0.6 is 48.0 Å². The average molecular weight is 396 g/mol. The number of amides is 1. The first-order valence-corrected chi connectivity index (χ1v) is 7.02. The van der Waals surface area contributed by atoms with Gasteiger partial charge >= 0.3 is 0 Å². The number of thiocarbonyl (C=S) groups is 1. The number of nitrogens with one attached hydrogen (secondary N) is 2. The lowest BCUT2D eigenvalue weighted by Crippen LogP contribution is -2.28. The van der Waals surface area contributed by atoms with Crippen molar-refractivity contribution >= 4 is 58.2 Å². The van der Waals surface area contributed by atoms with Gasteiger partial charge in [0, 0.05) is 18.7 Å². The summed E-state index contributed by atoms with van der Waals surface area (Å²) in [5.41, 5.74) is 0.695. The third kappa shape index (κ3) is 7.17. The zero-order valence-corrected chi connectivity index (χ0v) is 14.1. The second-order valence-electron chi connectivity index (χ2n) is 3.39. The molecule has 1 aromatic rings. The van der Waals surface area contributed by atoms with E-state index >= 15 is 0 Å². The minimum atomic E-state index is -0.0296. The summed E-state index contributed by atoms with van der Waals surface area (Å²) in [5.74, 6) is -0.0296. The molecule has 1 aromatic carbocycles. The van der Waals surface area contributed by atoms with Gasteiger partial charge in [-0.2, -0.15) is 0 Å². The summed E-state index contributed by atoms with van der Waals surface area (Å²) in [6.07, 6.45) is 2.80. The van der Waals surface area contributed by atoms with E-state index in [1.54, 1.807) is 12.1 Å². The molecule has 100 valence electrons. The van der Waals surface area contributed by atoms with Gasteiger partial charge < -0.3 is 10.6 Å². The van der Waals surface area contributed by atoms with Crippen molar-refractivity contribution in [3.05, 3.63) is 35.9 Å². The lowest BCUT2D eigenvalue weighted by atomic mass is 10.2. The summed E-state index contributed by atoms with van der Waals surface area (Å²) in [6.45, 7) is 1.44. The maximum Gasteiger partial charge on any atom is 0.251 e. The van der Waals surface area contributed by atoms with E-state index in [9.17, 15) is 4.79 Å². The molecule has 0 bridgehead atoms. The molecule has 1 amide bonds. The van der Waals surface area contributed by atoms with E-state index in [0.717, 1.165) is 17.3 Å². The quantitative estimate of drug-likeness (QED) is 0.456. The molecule has 0 saturated carbocycles. The Morgan fingerprint density at radius 2 is 1.83 bits per heavy atom. The van der Waals surface area contributed by atoms with Gasteiger partial charge in [-0.25, -0.2) is 0 Å². The molecule has 18 heavy (non-hydrogen) atoms. The molecule has 0 atom stereocenters. The summed E-state index contributed by atoms with van der Waals surface area (Å²) in [5, 5.41) is 5.95. The van der Waals surface area contributed by atoms with E-state index < -0.39 is 0 Å². The molecule has 1 rings (SSSR count). The van der Waals surface area contributed by atoms with Crippen LogP contribution in [0.4, 0.5) is 0 Å². The largest absolute Gasteiger partial charge is 0.371 e. The van der Waals surface area contributed by atoms with Gasteiger partial charge in [-0.05, 0) is 24.8 Å². The SMILES string of the molecule is CSC(=S)NCCCNC(=O)c1ccccc1.I. The number of halogens is 1. The molecule has 0 fully saturated rings. The van der Waals surface area contributed by atoms with Crippen LogP contribution in [0.5, 0.6) is 0 Å². The Kier molecular flexibility index (Phi) is 10.4. The Morgan fingerprint density at radius 3 is 2.44 bits per heavy atom. The van der Waals surface area contributed by atoms with Crippen molar-refractivity contribution in [1.29, 1.82) is 0 Å².